The van der Waals surface area contributed by atoms with Crippen molar-refractivity contribution in [3.05, 3.63) is 48.3 Å². The molecule has 1 amide bonds. The molecule has 0 atom stereocenters. The fourth-order valence-corrected chi connectivity index (χ4v) is 4.61. The van der Waals surface area contributed by atoms with Crippen LogP contribution in [0, 0.1) is 6.92 Å². The smallest absolute Gasteiger partial charge is 0.240 e. The maximum absolute atomic E-state index is 12.6. The largest absolute Gasteiger partial charge is 0.490 e. The number of para-hydroxylation sites is 2. The highest BCUT2D eigenvalue weighted by molar-refractivity contribution is 7.89. The van der Waals surface area contributed by atoms with E-state index in [1.807, 2.05) is 35.8 Å². The molecule has 1 aromatic heterocycles. The van der Waals surface area contributed by atoms with E-state index in [9.17, 15) is 13.2 Å². The lowest BCUT2D eigenvalue weighted by Gasteiger charge is -2.11. The number of nitrogens with zero attached hydrogens (tertiary/aromatic N) is 2. The lowest BCUT2D eigenvalue weighted by atomic mass is 10.3. The summed E-state index contributed by atoms with van der Waals surface area (Å²) in [6.07, 6.45) is 0.772. The van der Waals surface area contributed by atoms with Crippen LogP contribution in [0.2, 0.25) is 0 Å². The Hall–Kier alpha value is -3.11. The van der Waals surface area contributed by atoms with Crippen molar-refractivity contribution in [1.82, 2.24) is 19.6 Å². The Kier molecular flexibility index (Phi) is 6.61. The molecule has 4 rings (SSSR count). The summed E-state index contributed by atoms with van der Waals surface area (Å²) in [5, 5.41) is 2.83. The summed E-state index contributed by atoms with van der Waals surface area (Å²) < 4.78 is 40.7. The summed E-state index contributed by atoms with van der Waals surface area (Å²) in [4.78, 5) is 16.7. The molecule has 10 heteroatoms. The lowest BCUT2D eigenvalue weighted by molar-refractivity contribution is -0.120. The Morgan fingerprint density at radius 3 is 2.72 bits per heavy atom. The van der Waals surface area contributed by atoms with Gasteiger partial charge in [-0.3, -0.25) is 4.79 Å². The molecule has 32 heavy (non-hydrogen) atoms. The van der Waals surface area contributed by atoms with Gasteiger partial charge in [-0.15, -0.1) is 0 Å². The van der Waals surface area contributed by atoms with Crippen LogP contribution in [0.25, 0.3) is 11.0 Å². The zero-order valence-electron chi connectivity index (χ0n) is 17.8. The van der Waals surface area contributed by atoms with Crippen LogP contribution in [0.15, 0.2) is 47.4 Å². The predicted molar refractivity (Wildman–Crippen MR) is 119 cm³/mol. The molecule has 2 N–H and O–H groups in total. The van der Waals surface area contributed by atoms with E-state index in [1.165, 1.54) is 12.1 Å². The van der Waals surface area contributed by atoms with Gasteiger partial charge in [-0.05, 0) is 31.2 Å². The molecule has 0 spiro atoms. The van der Waals surface area contributed by atoms with Crippen molar-refractivity contribution in [3.63, 3.8) is 0 Å². The molecule has 2 heterocycles. The molecule has 0 radical (unpaired) electrons. The van der Waals surface area contributed by atoms with Gasteiger partial charge in [0.1, 0.15) is 5.82 Å². The highest BCUT2D eigenvalue weighted by Gasteiger charge is 2.19. The Labute approximate surface area is 186 Å². The van der Waals surface area contributed by atoms with E-state index >= 15 is 0 Å². The van der Waals surface area contributed by atoms with Crippen LogP contribution in [0.5, 0.6) is 11.5 Å². The van der Waals surface area contributed by atoms with Crippen LogP contribution >= 0.6 is 0 Å². The average molecular weight is 459 g/mol. The number of hydrogen-bond acceptors (Lipinski definition) is 6. The number of sulfonamides is 1. The Morgan fingerprint density at radius 2 is 1.88 bits per heavy atom. The normalized spacial score (nSPS) is 13.7. The molecule has 0 saturated heterocycles. The molecule has 0 fully saturated rings. The minimum absolute atomic E-state index is 0.00432. The summed E-state index contributed by atoms with van der Waals surface area (Å²) in [7, 11) is -3.77. The molecular formula is C22H26N4O5S. The summed E-state index contributed by atoms with van der Waals surface area (Å²) in [5.74, 6) is 1.59. The minimum atomic E-state index is -3.77. The molecule has 0 aliphatic carbocycles. The summed E-state index contributed by atoms with van der Waals surface area (Å²) in [6, 6.07) is 12.3. The lowest BCUT2D eigenvalue weighted by Crippen LogP contribution is -2.32. The molecule has 0 saturated carbocycles. The maximum atomic E-state index is 12.6. The number of amides is 1. The van der Waals surface area contributed by atoms with Crippen molar-refractivity contribution in [2.24, 2.45) is 0 Å². The first-order valence-corrected chi connectivity index (χ1v) is 12.0. The number of carbonyl (C=O) groups is 1. The van der Waals surface area contributed by atoms with Crippen LogP contribution in [0.4, 0.5) is 0 Å². The summed E-state index contributed by atoms with van der Waals surface area (Å²) >= 11 is 0. The number of imidazole rings is 1. The average Bonchev–Trinajstić information content (AvgIpc) is 2.93. The van der Waals surface area contributed by atoms with Crippen molar-refractivity contribution in [3.8, 4) is 11.5 Å². The number of fused-ring (bicyclic) bond motifs is 2. The molecule has 0 unspecified atom stereocenters. The van der Waals surface area contributed by atoms with E-state index < -0.39 is 10.0 Å². The SMILES string of the molecule is Cc1nc2ccccc2n1CCNC(=O)CCNS(=O)(=O)c1ccc2c(c1)OCCCO2. The van der Waals surface area contributed by atoms with Gasteiger partial charge in [0.2, 0.25) is 15.9 Å². The third kappa shape index (κ3) is 5.03. The number of benzene rings is 2. The van der Waals surface area contributed by atoms with Gasteiger partial charge < -0.3 is 19.4 Å². The topological polar surface area (TPSA) is 112 Å². The quantitative estimate of drug-likeness (QED) is 0.534. The van der Waals surface area contributed by atoms with Gasteiger partial charge in [0.15, 0.2) is 11.5 Å². The molecular weight excluding hydrogens is 432 g/mol. The van der Waals surface area contributed by atoms with Crippen LogP contribution in [0.1, 0.15) is 18.7 Å². The Morgan fingerprint density at radius 1 is 1.09 bits per heavy atom. The van der Waals surface area contributed by atoms with Gasteiger partial charge in [-0.1, -0.05) is 12.1 Å². The fraction of sp³-hybridized carbons (Fsp3) is 0.364. The van der Waals surface area contributed by atoms with E-state index in [-0.39, 0.29) is 23.8 Å². The van der Waals surface area contributed by atoms with E-state index in [0.717, 1.165) is 23.3 Å². The summed E-state index contributed by atoms with van der Waals surface area (Å²) in [6.45, 7) is 3.93. The first-order chi connectivity index (χ1) is 15.4. The van der Waals surface area contributed by atoms with Crippen LogP contribution < -0.4 is 19.5 Å². The first-order valence-electron chi connectivity index (χ1n) is 10.5. The number of carbonyl (C=O) groups excluding carboxylic acids is 1. The summed E-state index contributed by atoms with van der Waals surface area (Å²) in [5.41, 5.74) is 1.93. The van der Waals surface area contributed by atoms with Crippen molar-refractivity contribution < 1.29 is 22.7 Å². The zero-order chi connectivity index (χ0) is 22.6. The molecule has 2 aromatic carbocycles. The van der Waals surface area contributed by atoms with Crippen molar-refractivity contribution in [2.45, 2.75) is 31.2 Å². The second-order valence-electron chi connectivity index (χ2n) is 7.46. The number of rotatable bonds is 8. The van der Waals surface area contributed by atoms with Crippen LogP contribution in [-0.2, 0) is 21.4 Å². The van der Waals surface area contributed by atoms with E-state index in [4.69, 9.17) is 9.47 Å². The molecule has 1 aliphatic heterocycles. The second-order valence-corrected chi connectivity index (χ2v) is 9.22. The van der Waals surface area contributed by atoms with Crippen molar-refractivity contribution >= 4 is 27.0 Å². The molecule has 0 bridgehead atoms. The standard InChI is InChI=1S/C22H26N4O5S/c1-16-25-18-5-2-3-6-19(18)26(16)12-11-23-22(27)9-10-24-32(28,29)17-7-8-20-21(15-17)31-14-4-13-30-20/h2-3,5-8,15,24H,4,9-14H2,1H3,(H,23,27). The second kappa shape index (κ2) is 9.58. The Balaban J connectivity index is 1.26. The third-order valence-electron chi connectivity index (χ3n) is 5.18. The molecule has 9 nitrogen and oxygen atoms in total. The predicted octanol–water partition coefficient (Wildman–Crippen LogP) is 1.99. The van der Waals surface area contributed by atoms with Gasteiger partial charge in [0, 0.05) is 38.5 Å². The van der Waals surface area contributed by atoms with Crippen molar-refractivity contribution in [2.75, 3.05) is 26.3 Å². The minimum Gasteiger partial charge on any atom is -0.490 e. The van der Waals surface area contributed by atoms with E-state index in [1.54, 1.807) is 6.07 Å². The van der Waals surface area contributed by atoms with Crippen LogP contribution in [0.3, 0.4) is 0 Å². The number of hydrogen-bond donors (Lipinski definition) is 2. The number of ether oxygens (including phenoxy) is 2. The van der Waals surface area contributed by atoms with Gasteiger partial charge >= 0.3 is 0 Å². The van der Waals surface area contributed by atoms with Gasteiger partial charge in [0.05, 0.1) is 29.1 Å². The van der Waals surface area contributed by atoms with E-state index in [2.05, 4.69) is 15.0 Å². The van der Waals surface area contributed by atoms with Crippen LogP contribution in [-0.4, -0.2) is 50.2 Å². The number of aromatic nitrogens is 2. The molecule has 3 aromatic rings. The van der Waals surface area contributed by atoms with Crippen molar-refractivity contribution in [1.29, 1.82) is 0 Å². The highest BCUT2D eigenvalue weighted by Crippen LogP contribution is 2.31. The van der Waals surface area contributed by atoms with Gasteiger partial charge in [-0.25, -0.2) is 18.1 Å². The third-order valence-corrected chi connectivity index (χ3v) is 6.64. The van der Waals surface area contributed by atoms with Gasteiger partial charge in [0.25, 0.3) is 0 Å². The van der Waals surface area contributed by atoms with E-state index in [0.29, 0.717) is 37.8 Å². The number of aryl methyl sites for hydroxylation is 1. The zero-order valence-corrected chi connectivity index (χ0v) is 18.7. The molecule has 1 aliphatic rings. The molecule has 170 valence electrons. The highest BCUT2D eigenvalue weighted by atomic mass is 32.2. The maximum Gasteiger partial charge on any atom is 0.240 e. The fourth-order valence-electron chi connectivity index (χ4n) is 3.57. The first kappa shape index (κ1) is 22.1. The number of nitrogens with one attached hydrogen (secondary N) is 2. The van der Waals surface area contributed by atoms with Gasteiger partial charge in [-0.2, -0.15) is 0 Å². The monoisotopic (exact) mass is 458 g/mol. The Bertz CT molecular complexity index is 1220.